The molecule has 0 fully saturated rings. The van der Waals surface area contributed by atoms with Crippen molar-refractivity contribution in [3.05, 3.63) is 30.2 Å². The Bertz CT molecular complexity index is 407. The number of fused-ring (bicyclic) bond motifs is 1. The van der Waals surface area contributed by atoms with E-state index in [1.54, 1.807) is 0 Å². The van der Waals surface area contributed by atoms with Crippen molar-refractivity contribution in [1.29, 1.82) is 0 Å². The quantitative estimate of drug-likeness (QED) is 0.742. The van der Waals surface area contributed by atoms with Crippen LogP contribution in [0.25, 0.3) is 5.65 Å². The lowest BCUT2D eigenvalue weighted by Gasteiger charge is -2.06. The molecule has 2 heterocycles. The topological polar surface area (TPSA) is 42.2 Å². The highest BCUT2D eigenvalue weighted by molar-refractivity contribution is 5.37. The van der Waals surface area contributed by atoms with Gasteiger partial charge in [-0.1, -0.05) is 6.07 Å². The molecule has 68 valence electrons. The monoisotopic (exact) mass is 176 g/mol. The molecule has 0 aliphatic heterocycles. The summed E-state index contributed by atoms with van der Waals surface area (Å²) in [4.78, 5) is 0. The van der Waals surface area contributed by atoms with Crippen LogP contribution in [-0.4, -0.2) is 21.6 Å². The molecule has 0 aliphatic carbocycles. The maximum Gasteiger partial charge on any atom is 0.160 e. The summed E-state index contributed by atoms with van der Waals surface area (Å²) in [6.45, 7) is 2.06. The molecule has 0 radical (unpaired) electrons. The molecule has 0 saturated heterocycles. The zero-order chi connectivity index (χ0) is 9.26. The van der Waals surface area contributed by atoms with Crippen molar-refractivity contribution in [3.63, 3.8) is 0 Å². The number of hydrogen-bond acceptors (Lipinski definition) is 3. The van der Waals surface area contributed by atoms with Crippen molar-refractivity contribution in [2.24, 2.45) is 0 Å². The first kappa shape index (κ1) is 8.19. The Hall–Kier alpha value is -1.42. The van der Waals surface area contributed by atoms with Crippen molar-refractivity contribution >= 4 is 5.65 Å². The third-order valence-electron chi connectivity index (χ3n) is 2.16. The summed E-state index contributed by atoms with van der Waals surface area (Å²) in [5, 5.41) is 11.3. The maximum absolute atomic E-state index is 4.12. The predicted octanol–water partition coefficient (Wildman–Crippen LogP) is 1.01. The average molecular weight is 176 g/mol. The first-order valence-corrected chi connectivity index (χ1v) is 4.30. The molecule has 1 atom stereocenters. The lowest BCUT2D eigenvalue weighted by Crippen LogP contribution is -2.15. The molecule has 0 unspecified atom stereocenters. The van der Waals surface area contributed by atoms with Crippen LogP contribution in [-0.2, 0) is 0 Å². The van der Waals surface area contributed by atoms with Crippen LogP contribution in [0.1, 0.15) is 18.8 Å². The molecule has 0 spiro atoms. The van der Waals surface area contributed by atoms with Crippen LogP contribution >= 0.6 is 0 Å². The van der Waals surface area contributed by atoms with E-state index in [1.165, 1.54) is 0 Å². The van der Waals surface area contributed by atoms with Crippen molar-refractivity contribution in [2.75, 3.05) is 7.05 Å². The third-order valence-corrected chi connectivity index (χ3v) is 2.16. The van der Waals surface area contributed by atoms with Gasteiger partial charge in [0.15, 0.2) is 11.5 Å². The molecule has 2 rings (SSSR count). The summed E-state index contributed by atoms with van der Waals surface area (Å²) < 4.78 is 1.99. The average Bonchev–Trinajstić information content (AvgIpc) is 2.60. The standard InChI is InChI=1S/C9H12N4/c1-7(10-2)9-12-11-8-5-3-4-6-13(8)9/h3-7,10H,1-2H3/t7-/m0/s1. The summed E-state index contributed by atoms with van der Waals surface area (Å²) in [6, 6.07) is 6.09. The Balaban J connectivity index is 2.57. The van der Waals surface area contributed by atoms with E-state index in [0.29, 0.717) is 0 Å². The number of aromatic nitrogens is 3. The van der Waals surface area contributed by atoms with Crippen LogP contribution in [0.5, 0.6) is 0 Å². The Morgan fingerprint density at radius 2 is 2.23 bits per heavy atom. The first-order valence-electron chi connectivity index (χ1n) is 4.30. The molecule has 2 aromatic rings. The lowest BCUT2D eigenvalue weighted by atomic mass is 10.3. The molecule has 0 aromatic carbocycles. The van der Waals surface area contributed by atoms with Crippen LogP contribution in [0.15, 0.2) is 24.4 Å². The summed E-state index contributed by atoms with van der Waals surface area (Å²) in [6.07, 6.45) is 1.97. The van der Waals surface area contributed by atoms with Gasteiger partial charge in [0, 0.05) is 6.20 Å². The molecule has 0 amide bonds. The molecule has 1 N–H and O–H groups in total. The molecule has 2 aromatic heterocycles. The highest BCUT2D eigenvalue weighted by Crippen LogP contribution is 2.10. The van der Waals surface area contributed by atoms with E-state index >= 15 is 0 Å². The second-order valence-corrected chi connectivity index (χ2v) is 3.00. The van der Waals surface area contributed by atoms with E-state index < -0.39 is 0 Å². The molecule has 4 heteroatoms. The van der Waals surface area contributed by atoms with Crippen LogP contribution in [0.4, 0.5) is 0 Å². The molecular weight excluding hydrogens is 164 g/mol. The van der Waals surface area contributed by atoms with E-state index in [1.807, 2.05) is 35.8 Å². The van der Waals surface area contributed by atoms with Crippen LogP contribution < -0.4 is 5.32 Å². The number of nitrogens with one attached hydrogen (secondary N) is 1. The minimum Gasteiger partial charge on any atom is -0.311 e. The molecular formula is C9H12N4. The normalized spacial score (nSPS) is 13.4. The van der Waals surface area contributed by atoms with Gasteiger partial charge in [-0.2, -0.15) is 0 Å². The zero-order valence-electron chi connectivity index (χ0n) is 7.73. The van der Waals surface area contributed by atoms with Gasteiger partial charge in [0.05, 0.1) is 6.04 Å². The minimum atomic E-state index is 0.220. The summed E-state index contributed by atoms with van der Waals surface area (Å²) in [5.41, 5.74) is 0.889. The zero-order valence-corrected chi connectivity index (χ0v) is 7.73. The fraction of sp³-hybridized carbons (Fsp3) is 0.333. The van der Waals surface area contributed by atoms with E-state index in [4.69, 9.17) is 0 Å². The molecule has 4 nitrogen and oxygen atoms in total. The van der Waals surface area contributed by atoms with Gasteiger partial charge in [-0.3, -0.25) is 4.40 Å². The Morgan fingerprint density at radius 3 is 3.00 bits per heavy atom. The second-order valence-electron chi connectivity index (χ2n) is 3.00. The fourth-order valence-electron chi connectivity index (χ4n) is 1.28. The van der Waals surface area contributed by atoms with Gasteiger partial charge in [-0.15, -0.1) is 10.2 Å². The summed E-state index contributed by atoms with van der Waals surface area (Å²) >= 11 is 0. The van der Waals surface area contributed by atoms with Crippen LogP contribution in [0.3, 0.4) is 0 Å². The SMILES string of the molecule is CN[C@@H](C)c1nnc2ccccn12. The Morgan fingerprint density at radius 1 is 1.38 bits per heavy atom. The van der Waals surface area contributed by atoms with Crippen LogP contribution in [0.2, 0.25) is 0 Å². The maximum atomic E-state index is 4.12. The second kappa shape index (κ2) is 3.14. The van der Waals surface area contributed by atoms with Crippen molar-refractivity contribution < 1.29 is 0 Å². The first-order chi connectivity index (χ1) is 6.33. The summed E-state index contributed by atoms with van der Waals surface area (Å²) in [7, 11) is 1.91. The Kier molecular flexibility index (Phi) is 1.98. The molecule has 0 aliphatic rings. The van der Waals surface area contributed by atoms with Crippen LogP contribution in [0, 0.1) is 0 Å². The van der Waals surface area contributed by atoms with E-state index in [0.717, 1.165) is 11.5 Å². The third kappa shape index (κ3) is 1.29. The Labute approximate surface area is 76.6 Å². The van der Waals surface area contributed by atoms with E-state index in [2.05, 4.69) is 22.4 Å². The van der Waals surface area contributed by atoms with Gasteiger partial charge < -0.3 is 5.32 Å². The van der Waals surface area contributed by atoms with Gasteiger partial charge in [-0.05, 0) is 26.1 Å². The largest absolute Gasteiger partial charge is 0.311 e. The number of pyridine rings is 1. The van der Waals surface area contributed by atoms with Gasteiger partial charge in [0.1, 0.15) is 0 Å². The minimum absolute atomic E-state index is 0.220. The van der Waals surface area contributed by atoms with Gasteiger partial charge in [0.25, 0.3) is 0 Å². The fourth-order valence-corrected chi connectivity index (χ4v) is 1.28. The summed E-state index contributed by atoms with van der Waals surface area (Å²) in [5.74, 6) is 0.943. The van der Waals surface area contributed by atoms with Crippen molar-refractivity contribution in [3.8, 4) is 0 Å². The molecule has 0 saturated carbocycles. The predicted molar refractivity (Wildman–Crippen MR) is 50.5 cm³/mol. The smallest absolute Gasteiger partial charge is 0.160 e. The lowest BCUT2D eigenvalue weighted by molar-refractivity contribution is 0.603. The number of rotatable bonds is 2. The number of hydrogen-bond donors (Lipinski definition) is 1. The van der Waals surface area contributed by atoms with Gasteiger partial charge in [-0.25, -0.2) is 0 Å². The van der Waals surface area contributed by atoms with Gasteiger partial charge in [0.2, 0.25) is 0 Å². The molecule has 13 heavy (non-hydrogen) atoms. The molecule has 0 bridgehead atoms. The van der Waals surface area contributed by atoms with E-state index in [-0.39, 0.29) is 6.04 Å². The van der Waals surface area contributed by atoms with Crippen molar-refractivity contribution in [1.82, 2.24) is 19.9 Å². The van der Waals surface area contributed by atoms with Crippen molar-refractivity contribution in [2.45, 2.75) is 13.0 Å². The highest BCUT2D eigenvalue weighted by Gasteiger charge is 2.09. The van der Waals surface area contributed by atoms with Gasteiger partial charge >= 0.3 is 0 Å². The highest BCUT2D eigenvalue weighted by atomic mass is 15.3. The number of nitrogens with zero attached hydrogens (tertiary/aromatic N) is 3. The van der Waals surface area contributed by atoms with E-state index in [9.17, 15) is 0 Å².